The van der Waals surface area contributed by atoms with Crippen LogP contribution in [0, 0.1) is 26.3 Å². The number of hydrogen-bond acceptors (Lipinski definition) is 6. The molecular weight excluding hydrogens is 574 g/mol. The standard InChI is InChI=1S/C35H43N3O5S/c1-6-7-8-9-27(4)33(37-41)23-35(40)38(24-36-5)44(42,43)31-20-18-30(19-21-31)34(39)22-32(28-14-10-25(2)11-15-28)29-16-12-26(3)13-17-29/h10-21,27,32-33,37,41H,6-9,22-24H2,1-4H3/t27-,33?/m0/s1. The van der Waals surface area contributed by atoms with Gasteiger partial charge in [-0.1, -0.05) is 105 Å². The molecule has 0 saturated carbocycles. The van der Waals surface area contributed by atoms with Gasteiger partial charge < -0.3 is 5.21 Å². The Morgan fingerprint density at radius 2 is 1.43 bits per heavy atom. The van der Waals surface area contributed by atoms with E-state index >= 15 is 0 Å². The van der Waals surface area contributed by atoms with Gasteiger partial charge in [0.25, 0.3) is 10.0 Å². The van der Waals surface area contributed by atoms with E-state index in [2.05, 4.69) is 17.2 Å². The van der Waals surface area contributed by atoms with Crippen molar-refractivity contribution in [3.8, 4) is 0 Å². The van der Waals surface area contributed by atoms with Gasteiger partial charge in [-0.25, -0.2) is 20.5 Å². The fourth-order valence-electron chi connectivity index (χ4n) is 5.20. The van der Waals surface area contributed by atoms with E-state index in [0.29, 0.717) is 9.87 Å². The molecule has 9 heteroatoms. The van der Waals surface area contributed by atoms with Crippen molar-refractivity contribution in [2.75, 3.05) is 6.67 Å². The van der Waals surface area contributed by atoms with Crippen molar-refractivity contribution < 1.29 is 23.2 Å². The lowest BCUT2D eigenvalue weighted by molar-refractivity contribution is -0.127. The SMILES string of the molecule is [C-]#[N+]CN(C(=O)CC(NO)[C@@H](C)CCCCC)S(=O)(=O)c1ccc(C(=O)CC(c2ccc(C)cc2)c2ccc(C)cc2)cc1. The molecule has 3 rings (SSSR count). The first-order valence-corrected chi connectivity index (χ1v) is 16.5. The summed E-state index contributed by atoms with van der Waals surface area (Å²) < 4.78 is 27.5. The Balaban J connectivity index is 1.80. The minimum atomic E-state index is -4.37. The van der Waals surface area contributed by atoms with Crippen LogP contribution in [-0.2, 0) is 14.8 Å². The third-order valence-electron chi connectivity index (χ3n) is 8.10. The first-order chi connectivity index (χ1) is 21.0. The lowest BCUT2D eigenvalue weighted by atomic mass is 9.85. The number of carbonyl (C=O) groups is 2. The van der Waals surface area contributed by atoms with Gasteiger partial charge in [0, 0.05) is 30.4 Å². The van der Waals surface area contributed by atoms with Crippen molar-refractivity contribution in [3.05, 3.63) is 112 Å². The fourth-order valence-corrected chi connectivity index (χ4v) is 6.49. The number of unbranched alkanes of at least 4 members (excludes halogenated alkanes) is 2. The number of Topliss-reactive ketones (excluding diaryl/α,β-unsaturated/α-hetero) is 1. The molecular formula is C35H43N3O5S. The smallest absolute Gasteiger partial charge is 0.304 e. The van der Waals surface area contributed by atoms with Crippen molar-refractivity contribution in [1.29, 1.82) is 0 Å². The molecule has 0 saturated heterocycles. The van der Waals surface area contributed by atoms with Crippen molar-refractivity contribution in [3.63, 3.8) is 0 Å². The van der Waals surface area contributed by atoms with Crippen LogP contribution in [0.5, 0.6) is 0 Å². The lowest BCUT2D eigenvalue weighted by Gasteiger charge is -2.24. The molecule has 8 nitrogen and oxygen atoms in total. The maximum atomic E-state index is 13.5. The summed E-state index contributed by atoms with van der Waals surface area (Å²) >= 11 is 0. The molecule has 0 aromatic heterocycles. The molecule has 0 aliphatic rings. The van der Waals surface area contributed by atoms with Gasteiger partial charge in [0.05, 0.1) is 4.90 Å². The van der Waals surface area contributed by atoms with Crippen LogP contribution in [0.4, 0.5) is 0 Å². The number of sulfonamides is 1. The molecule has 0 radical (unpaired) electrons. The molecule has 3 aromatic carbocycles. The van der Waals surface area contributed by atoms with Gasteiger partial charge in [0.1, 0.15) is 0 Å². The number of ketones is 1. The lowest BCUT2D eigenvalue weighted by Crippen LogP contribution is -2.42. The zero-order valence-electron chi connectivity index (χ0n) is 26.0. The number of amides is 1. The zero-order valence-corrected chi connectivity index (χ0v) is 26.8. The third-order valence-corrected chi connectivity index (χ3v) is 9.87. The van der Waals surface area contributed by atoms with Gasteiger partial charge in [-0.05, 0) is 49.4 Å². The van der Waals surface area contributed by atoms with Gasteiger partial charge in [-0.15, -0.1) is 0 Å². The van der Waals surface area contributed by atoms with E-state index in [1.54, 1.807) is 0 Å². The number of nitrogens with zero attached hydrogens (tertiary/aromatic N) is 2. The summed E-state index contributed by atoms with van der Waals surface area (Å²) in [4.78, 5) is 29.6. The van der Waals surface area contributed by atoms with Gasteiger partial charge in [0.15, 0.2) is 5.78 Å². The summed E-state index contributed by atoms with van der Waals surface area (Å²) in [6.07, 6.45) is 3.65. The molecule has 0 aliphatic carbocycles. The predicted molar refractivity (Wildman–Crippen MR) is 172 cm³/mol. The molecule has 0 aliphatic heterocycles. The maximum absolute atomic E-state index is 13.5. The molecule has 0 heterocycles. The highest BCUT2D eigenvalue weighted by molar-refractivity contribution is 7.89. The maximum Gasteiger partial charge on any atom is 0.304 e. The van der Waals surface area contributed by atoms with Crippen LogP contribution in [0.2, 0.25) is 0 Å². The highest BCUT2D eigenvalue weighted by atomic mass is 32.2. The van der Waals surface area contributed by atoms with E-state index in [9.17, 15) is 23.2 Å². The number of carbonyl (C=O) groups excluding carboxylic acids is 2. The second-order valence-corrected chi connectivity index (χ2v) is 13.3. The monoisotopic (exact) mass is 617 g/mol. The van der Waals surface area contributed by atoms with Crippen LogP contribution < -0.4 is 5.48 Å². The first-order valence-electron chi connectivity index (χ1n) is 15.1. The van der Waals surface area contributed by atoms with E-state index in [1.807, 2.05) is 69.3 Å². The average Bonchev–Trinajstić information content (AvgIpc) is 3.02. The van der Waals surface area contributed by atoms with Crippen molar-refractivity contribution in [2.45, 2.75) is 83.1 Å². The summed E-state index contributed by atoms with van der Waals surface area (Å²) in [7, 11) is -4.37. The van der Waals surface area contributed by atoms with Crippen molar-refractivity contribution >= 4 is 21.7 Å². The van der Waals surface area contributed by atoms with Gasteiger partial charge in [0.2, 0.25) is 5.91 Å². The Labute approximate surface area is 261 Å². The van der Waals surface area contributed by atoms with Gasteiger partial charge in [-0.2, -0.15) is 4.31 Å². The van der Waals surface area contributed by atoms with Crippen molar-refractivity contribution in [2.24, 2.45) is 5.92 Å². The molecule has 234 valence electrons. The van der Waals surface area contributed by atoms with E-state index < -0.39 is 28.6 Å². The van der Waals surface area contributed by atoms with Crippen LogP contribution in [0.15, 0.2) is 77.7 Å². The van der Waals surface area contributed by atoms with E-state index in [4.69, 9.17) is 6.57 Å². The van der Waals surface area contributed by atoms with Crippen LogP contribution in [-0.4, -0.2) is 42.3 Å². The van der Waals surface area contributed by atoms with Crippen LogP contribution in [0.25, 0.3) is 4.85 Å². The summed E-state index contributed by atoms with van der Waals surface area (Å²) in [6, 6.07) is 21.0. The van der Waals surface area contributed by atoms with Crippen LogP contribution >= 0.6 is 0 Å². The Bertz CT molecular complexity index is 1480. The molecule has 1 unspecified atom stereocenters. The number of aryl methyl sites for hydroxylation is 2. The predicted octanol–water partition coefficient (Wildman–Crippen LogP) is 7.06. The number of rotatable bonds is 16. The summed E-state index contributed by atoms with van der Waals surface area (Å²) in [5.41, 5.74) is 6.76. The first kappa shape index (κ1) is 34.6. The molecule has 0 bridgehead atoms. The number of hydroxylamine groups is 1. The highest BCUT2D eigenvalue weighted by Crippen LogP contribution is 2.30. The summed E-state index contributed by atoms with van der Waals surface area (Å²) in [6.45, 7) is 14.6. The topological polar surface area (TPSA) is 108 Å². The molecule has 0 fully saturated rings. The van der Waals surface area contributed by atoms with Crippen molar-refractivity contribution in [1.82, 2.24) is 9.79 Å². The Kier molecular flexibility index (Phi) is 12.8. The summed E-state index contributed by atoms with van der Waals surface area (Å²) in [5, 5.41) is 9.69. The number of nitrogens with one attached hydrogen (secondary N) is 1. The molecule has 1 amide bonds. The number of benzene rings is 3. The minimum absolute atomic E-state index is 0.0815. The second kappa shape index (κ2) is 16.3. The molecule has 44 heavy (non-hydrogen) atoms. The minimum Gasteiger partial charge on any atom is -0.317 e. The van der Waals surface area contributed by atoms with E-state index in [0.717, 1.165) is 47.9 Å². The Morgan fingerprint density at radius 1 is 0.886 bits per heavy atom. The van der Waals surface area contributed by atoms with E-state index in [-0.39, 0.29) is 35.4 Å². The zero-order chi connectivity index (χ0) is 32.3. The summed E-state index contributed by atoms with van der Waals surface area (Å²) in [5.74, 6) is -1.20. The fraction of sp³-hybridized carbons (Fsp3) is 0.400. The number of hydrogen-bond donors (Lipinski definition) is 2. The third kappa shape index (κ3) is 9.08. The average molecular weight is 618 g/mol. The van der Waals surface area contributed by atoms with E-state index in [1.165, 1.54) is 24.3 Å². The normalized spacial score (nSPS) is 12.8. The Morgan fingerprint density at radius 3 is 1.91 bits per heavy atom. The molecule has 2 N–H and O–H groups in total. The highest BCUT2D eigenvalue weighted by Gasteiger charge is 2.34. The van der Waals surface area contributed by atoms with Crippen LogP contribution in [0.1, 0.15) is 90.9 Å². The largest absolute Gasteiger partial charge is 0.317 e. The van der Waals surface area contributed by atoms with Gasteiger partial charge >= 0.3 is 6.67 Å². The van der Waals surface area contributed by atoms with Crippen LogP contribution in [0.3, 0.4) is 0 Å². The molecule has 2 atom stereocenters. The Hall–Kier alpha value is -3.84. The molecule has 3 aromatic rings. The van der Waals surface area contributed by atoms with Gasteiger partial charge in [-0.3, -0.25) is 14.4 Å². The molecule has 0 spiro atoms. The quantitative estimate of drug-likeness (QED) is 0.0772. The second-order valence-electron chi connectivity index (χ2n) is 11.5.